The molecule has 0 saturated heterocycles. The van der Waals surface area contributed by atoms with Crippen molar-refractivity contribution in [2.45, 2.75) is 18.8 Å². The van der Waals surface area contributed by atoms with Gasteiger partial charge < -0.3 is 14.2 Å². The molecule has 0 N–H and O–H groups in total. The van der Waals surface area contributed by atoms with Crippen molar-refractivity contribution in [2.24, 2.45) is 0 Å². The monoisotopic (exact) mass is 311 g/mol. The van der Waals surface area contributed by atoms with Crippen molar-refractivity contribution in [3.05, 3.63) is 53.6 Å². The van der Waals surface area contributed by atoms with Crippen molar-refractivity contribution in [3.8, 4) is 23.3 Å². The predicted molar refractivity (Wildman–Crippen MR) is 89.2 cm³/mol. The molecule has 0 aliphatic heterocycles. The summed E-state index contributed by atoms with van der Waals surface area (Å²) in [5, 5.41) is 9.55. The Morgan fingerprint density at radius 1 is 0.957 bits per heavy atom. The summed E-state index contributed by atoms with van der Waals surface area (Å²) in [6.45, 7) is 0. The summed E-state index contributed by atoms with van der Waals surface area (Å²) in [6.07, 6.45) is 1.58. The Labute approximate surface area is 137 Å². The van der Waals surface area contributed by atoms with E-state index >= 15 is 0 Å². The van der Waals surface area contributed by atoms with Gasteiger partial charge in [-0.15, -0.1) is 0 Å². The van der Waals surface area contributed by atoms with Crippen molar-refractivity contribution in [1.29, 1.82) is 5.26 Å². The van der Waals surface area contributed by atoms with Gasteiger partial charge in [-0.2, -0.15) is 5.26 Å². The van der Waals surface area contributed by atoms with Gasteiger partial charge in [0.05, 0.1) is 33.3 Å². The van der Waals surface area contributed by atoms with Crippen molar-refractivity contribution in [3.63, 3.8) is 0 Å². The van der Waals surface area contributed by atoms with E-state index in [2.05, 4.69) is 18.2 Å². The maximum atomic E-state index is 9.55. The van der Waals surface area contributed by atoms with Gasteiger partial charge in [0.15, 0.2) is 11.5 Å². The molecular formula is C19H21NO3. The van der Waals surface area contributed by atoms with Crippen LogP contribution < -0.4 is 14.2 Å². The number of ether oxygens (including phenoxy) is 3. The highest BCUT2D eigenvalue weighted by Gasteiger charge is 2.18. The summed E-state index contributed by atoms with van der Waals surface area (Å²) in [4.78, 5) is 0. The molecule has 0 amide bonds. The third-order valence-electron chi connectivity index (χ3n) is 3.81. The molecule has 0 bridgehead atoms. The van der Waals surface area contributed by atoms with Crippen LogP contribution in [-0.2, 0) is 6.42 Å². The topological polar surface area (TPSA) is 51.5 Å². The van der Waals surface area contributed by atoms with Crippen molar-refractivity contribution < 1.29 is 14.2 Å². The summed E-state index contributed by atoms with van der Waals surface area (Å²) in [7, 11) is 4.72. The highest BCUT2D eigenvalue weighted by Crippen LogP contribution is 2.40. The zero-order chi connectivity index (χ0) is 16.7. The lowest BCUT2D eigenvalue weighted by molar-refractivity contribution is 0.323. The summed E-state index contributed by atoms with van der Waals surface area (Å²) in [5.74, 6) is 1.45. The van der Waals surface area contributed by atoms with Gasteiger partial charge in [0.1, 0.15) is 0 Å². The van der Waals surface area contributed by atoms with Gasteiger partial charge in [0.25, 0.3) is 0 Å². The zero-order valence-electron chi connectivity index (χ0n) is 13.7. The second-order valence-corrected chi connectivity index (χ2v) is 5.16. The zero-order valence-corrected chi connectivity index (χ0v) is 13.7. The van der Waals surface area contributed by atoms with Crippen LogP contribution in [0.4, 0.5) is 0 Å². The Kier molecular flexibility index (Phi) is 5.87. The molecule has 4 heteroatoms. The molecule has 1 atom stereocenters. The molecule has 2 aromatic carbocycles. The van der Waals surface area contributed by atoms with Crippen LogP contribution in [0.15, 0.2) is 42.5 Å². The fraction of sp³-hybridized carbons (Fsp3) is 0.316. The number of nitrogens with zero attached hydrogens (tertiary/aromatic N) is 1. The van der Waals surface area contributed by atoms with Gasteiger partial charge in [-0.1, -0.05) is 30.3 Å². The molecule has 0 aromatic heterocycles. The molecule has 0 heterocycles. The molecule has 2 rings (SSSR count). The van der Waals surface area contributed by atoms with Crippen molar-refractivity contribution in [2.75, 3.05) is 21.3 Å². The van der Waals surface area contributed by atoms with Crippen LogP contribution in [0.3, 0.4) is 0 Å². The first-order valence-corrected chi connectivity index (χ1v) is 7.47. The smallest absolute Gasteiger partial charge is 0.203 e. The number of methoxy groups -OCH3 is 3. The summed E-state index contributed by atoms with van der Waals surface area (Å²) in [6, 6.07) is 16.2. The number of hydrogen-bond donors (Lipinski definition) is 0. The normalized spacial score (nSPS) is 11.4. The maximum Gasteiger partial charge on any atom is 0.203 e. The minimum absolute atomic E-state index is 0.232. The number of rotatable bonds is 7. The van der Waals surface area contributed by atoms with Crippen LogP contribution in [0.2, 0.25) is 0 Å². The average molecular weight is 311 g/mol. The minimum atomic E-state index is -0.232. The van der Waals surface area contributed by atoms with Crippen LogP contribution in [0, 0.1) is 11.3 Å². The van der Waals surface area contributed by atoms with Crippen LogP contribution in [0.1, 0.15) is 23.5 Å². The molecule has 0 saturated carbocycles. The van der Waals surface area contributed by atoms with Gasteiger partial charge in [0, 0.05) is 0 Å². The van der Waals surface area contributed by atoms with Gasteiger partial charge >= 0.3 is 0 Å². The molecule has 0 aliphatic rings. The Bertz CT molecular complexity index is 652. The summed E-state index contributed by atoms with van der Waals surface area (Å²) in [5.41, 5.74) is 2.10. The first kappa shape index (κ1) is 16.7. The van der Waals surface area contributed by atoms with Gasteiger partial charge in [0.2, 0.25) is 5.75 Å². The predicted octanol–water partition coefficient (Wildman–Crippen LogP) is 3.95. The van der Waals surface area contributed by atoms with E-state index in [0.29, 0.717) is 17.2 Å². The fourth-order valence-electron chi connectivity index (χ4n) is 2.56. The number of nitriles is 1. The Morgan fingerprint density at radius 2 is 1.57 bits per heavy atom. The molecule has 0 fully saturated rings. The standard InChI is InChI=1S/C19H21NO3/c1-21-17-11-16(12-18(22-2)19(17)23-3)15(13-20)10-9-14-7-5-4-6-8-14/h4-8,11-12,15H,9-10H2,1-3H3. The molecule has 120 valence electrons. The molecule has 4 nitrogen and oxygen atoms in total. The van der Waals surface area contributed by atoms with E-state index in [1.165, 1.54) is 5.56 Å². The summed E-state index contributed by atoms with van der Waals surface area (Å²) < 4.78 is 16.0. The highest BCUT2D eigenvalue weighted by atomic mass is 16.5. The molecule has 0 radical (unpaired) electrons. The molecule has 0 spiro atoms. The van der Waals surface area contributed by atoms with E-state index in [9.17, 15) is 5.26 Å². The van der Waals surface area contributed by atoms with Crippen LogP contribution in [-0.4, -0.2) is 21.3 Å². The first-order valence-electron chi connectivity index (χ1n) is 7.47. The van der Waals surface area contributed by atoms with Crippen molar-refractivity contribution in [1.82, 2.24) is 0 Å². The lowest BCUT2D eigenvalue weighted by Crippen LogP contribution is -2.02. The fourth-order valence-corrected chi connectivity index (χ4v) is 2.56. The van der Waals surface area contributed by atoms with Gasteiger partial charge in [-0.3, -0.25) is 0 Å². The Hall–Kier alpha value is -2.67. The molecule has 23 heavy (non-hydrogen) atoms. The molecule has 0 aliphatic carbocycles. The first-order chi connectivity index (χ1) is 11.2. The van der Waals surface area contributed by atoms with Crippen molar-refractivity contribution >= 4 is 0 Å². The number of hydrogen-bond acceptors (Lipinski definition) is 4. The molecule has 1 unspecified atom stereocenters. The second-order valence-electron chi connectivity index (χ2n) is 5.16. The Balaban J connectivity index is 2.25. The van der Waals surface area contributed by atoms with E-state index < -0.39 is 0 Å². The van der Waals surface area contributed by atoms with Crippen LogP contribution in [0.5, 0.6) is 17.2 Å². The van der Waals surface area contributed by atoms with E-state index in [-0.39, 0.29) is 5.92 Å². The van der Waals surface area contributed by atoms with E-state index in [1.54, 1.807) is 21.3 Å². The van der Waals surface area contributed by atoms with Crippen LogP contribution >= 0.6 is 0 Å². The lowest BCUT2D eigenvalue weighted by Gasteiger charge is -2.16. The van der Waals surface area contributed by atoms with E-state index in [1.807, 2.05) is 30.3 Å². The molecule has 2 aromatic rings. The van der Waals surface area contributed by atoms with Gasteiger partial charge in [-0.05, 0) is 36.1 Å². The average Bonchev–Trinajstić information content (AvgIpc) is 2.62. The summed E-state index contributed by atoms with van der Waals surface area (Å²) >= 11 is 0. The lowest BCUT2D eigenvalue weighted by atomic mass is 9.93. The SMILES string of the molecule is COc1cc(C(C#N)CCc2ccccc2)cc(OC)c1OC. The third-order valence-corrected chi connectivity index (χ3v) is 3.81. The quantitative estimate of drug-likeness (QED) is 0.777. The molecular weight excluding hydrogens is 290 g/mol. The Morgan fingerprint density at radius 3 is 2.04 bits per heavy atom. The maximum absolute atomic E-state index is 9.55. The third kappa shape index (κ3) is 3.95. The van der Waals surface area contributed by atoms with Crippen LogP contribution in [0.25, 0.3) is 0 Å². The van der Waals surface area contributed by atoms with E-state index in [0.717, 1.165) is 18.4 Å². The minimum Gasteiger partial charge on any atom is -0.493 e. The van der Waals surface area contributed by atoms with E-state index in [4.69, 9.17) is 14.2 Å². The largest absolute Gasteiger partial charge is 0.493 e. The van der Waals surface area contributed by atoms with Gasteiger partial charge in [-0.25, -0.2) is 0 Å². The number of benzene rings is 2. The highest BCUT2D eigenvalue weighted by molar-refractivity contribution is 5.55. The number of aryl methyl sites for hydroxylation is 1. The second kappa shape index (κ2) is 8.09.